The maximum Gasteiger partial charge on any atom is 0.227 e. The summed E-state index contributed by atoms with van der Waals surface area (Å²) in [6.45, 7) is 12.4. The smallest absolute Gasteiger partial charge is 0.227 e. The minimum absolute atomic E-state index is 0.0152. The van der Waals surface area contributed by atoms with Gasteiger partial charge in [-0.05, 0) is 51.8 Å². The van der Waals surface area contributed by atoms with Crippen LogP contribution in [0.25, 0.3) is 0 Å². The first-order valence-electron chi connectivity index (χ1n) is 10.6. The Morgan fingerprint density at radius 1 is 1.10 bits per heavy atom. The van der Waals surface area contributed by atoms with E-state index in [2.05, 4.69) is 43.9 Å². The number of rotatable bonds is 8. The number of anilines is 6. The molecule has 0 unspecified atom stereocenters. The van der Waals surface area contributed by atoms with Gasteiger partial charge in [0.25, 0.3) is 0 Å². The van der Waals surface area contributed by atoms with Crippen LogP contribution in [0, 0.1) is 5.92 Å². The van der Waals surface area contributed by atoms with Crippen LogP contribution in [0.15, 0.2) is 18.2 Å². The van der Waals surface area contributed by atoms with E-state index >= 15 is 0 Å². The molecule has 0 bridgehead atoms. The van der Waals surface area contributed by atoms with Crippen molar-refractivity contribution in [3.05, 3.63) is 23.2 Å². The molecule has 10 heteroatoms. The summed E-state index contributed by atoms with van der Waals surface area (Å²) in [4.78, 5) is 9.56. The Kier molecular flexibility index (Phi) is 6.98. The first kappa shape index (κ1) is 23.2. The van der Waals surface area contributed by atoms with Crippen molar-refractivity contribution >= 4 is 46.2 Å². The van der Waals surface area contributed by atoms with Gasteiger partial charge in [-0.15, -0.1) is 5.53 Å². The molecule has 2 heterocycles. The highest BCUT2D eigenvalue weighted by Gasteiger charge is 2.35. The van der Waals surface area contributed by atoms with Gasteiger partial charge in [0, 0.05) is 17.8 Å². The molecule has 170 valence electrons. The molecule has 2 aromatic rings. The summed E-state index contributed by atoms with van der Waals surface area (Å²) >= 11 is 6.23. The van der Waals surface area contributed by atoms with E-state index in [0.717, 1.165) is 17.2 Å². The Hall–Kier alpha value is -2.49. The van der Waals surface area contributed by atoms with Crippen molar-refractivity contribution in [2.45, 2.75) is 59.7 Å². The molecule has 31 heavy (non-hydrogen) atoms. The number of nitrogens with one attached hydrogen (secondary N) is 3. The number of aliphatic hydroxyl groups excluding tert-OH is 1. The molecule has 0 radical (unpaired) electrons. The van der Waals surface area contributed by atoms with Crippen molar-refractivity contribution in [1.29, 1.82) is 0 Å². The van der Waals surface area contributed by atoms with E-state index in [1.807, 2.05) is 29.9 Å². The fourth-order valence-electron chi connectivity index (χ4n) is 3.26. The molecule has 1 atom stereocenters. The topological polar surface area (TPSA) is 115 Å². The fraction of sp³-hybridized carbons (Fsp3) is 0.524. The second kappa shape index (κ2) is 9.33. The van der Waals surface area contributed by atoms with E-state index in [4.69, 9.17) is 27.3 Å². The van der Waals surface area contributed by atoms with E-state index in [0.29, 0.717) is 22.5 Å². The predicted octanol–water partition coefficient (Wildman–Crippen LogP) is 3.75. The number of aromatic nitrogens is 2. The summed E-state index contributed by atoms with van der Waals surface area (Å²) in [6, 6.07) is 5.52. The molecule has 3 rings (SSSR count). The second-order valence-corrected chi connectivity index (χ2v) is 9.04. The molecule has 0 spiro atoms. The van der Waals surface area contributed by atoms with Gasteiger partial charge in [0.2, 0.25) is 5.95 Å². The summed E-state index contributed by atoms with van der Waals surface area (Å²) in [5.41, 5.74) is 11.4. The van der Waals surface area contributed by atoms with E-state index in [1.54, 1.807) is 12.1 Å². The highest BCUT2D eigenvalue weighted by molar-refractivity contribution is 6.33. The Balaban J connectivity index is 2.11. The van der Waals surface area contributed by atoms with E-state index in [1.165, 1.54) is 0 Å². The van der Waals surface area contributed by atoms with Crippen LogP contribution in [0.3, 0.4) is 0 Å². The molecule has 0 saturated carbocycles. The first-order valence-corrected chi connectivity index (χ1v) is 11.0. The number of nitrogen functional groups attached to an aromatic ring is 1. The quantitative estimate of drug-likeness (QED) is 0.385. The molecule has 1 aliphatic rings. The van der Waals surface area contributed by atoms with Crippen LogP contribution in [0.2, 0.25) is 5.02 Å². The van der Waals surface area contributed by atoms with Crippen molar-refractivity contribution < 1.29 is 5.11 Å². The Labute approximate surface area is 188 Å². The maximum atomic E-state index is 9.78. The number of benzene rings is 1. The van der Waals surface area contributed by atoms with E-state index in [9.17, 15) is 5.11 Å². The van der Waals surface area contributed by atoms with Gasteiger partial charge in [0.05, 0.1) is 23.4 Å². The molecule has 0 saturated heterocycles. The molecule has 6 N–H and O–H groups in total. The third-order valence-electron chi connectivity index (χ3n) is 5.16. The summed E-state index contributed by atoms with van der Waals surface area (Å²) in [7, 11) is 0. The molecule has 9 nitrogen and oxygen atoms in total. The molecule has 0 aliphatic carbocycles. The Morgan fingerprint density at radius 2 is 1.77 bits per heavy atom. The Bertz CT molecular complexity index is 920. The zero-order valence-corrected chi connectivity index (χ0v) is 19.7. The van der Waals surface area contributed by atoms with Crippen LogP contribution in [-0.2, 0) is 0 Å². The van der Waals surface area contributed by atoms with Gasteiger partial charge in [0.15, 0.2) is 11.6 Å². The zero-order valence-electron chi connectivity index (χ0n) is 18.9. The molecular weight excluding hydrogens is 416 g/mol. The molecular formula is C21H33ClN8O. The lowest BCUT2D eigenvalue weighted by Gasteiger charge is -2.27. The van der Waals surface area contributed by atoms with Gasteiger partial charge in [-0.3, -0.25) is 10.0 Å². The SMILES string of the molecule is CC(C)[C@H](CO)Nc1nc(Nc2ccc(N)c(Cl)c2)c2c(n1)N(C(C)C)NN2C(C)C. The van der Waals surface area contributed by atoms with Crippen LogP contribution in [0.5, 0.6) is 0 Å². The highest BCUT2D eigenvalue weighted by atomic mass is 35.5. The van der Waals surface area contributed by atoms with Gasteiger partial charge in [-0.2, -0.15) is 9.97 Å². The second-order valence-electron chi connectivity index (χ2n) is 8.63. The van der Waals surface area contributed by atoms with Crippen LogP contribution in [0.1, 0.15) is 41.5 Å². The average Bonchev–Trinajstić information content (AvgIpc) is 3.09. The monoisotopic (exact) mass is 448 g/mol. The highest BCUT2D eigenvalue weighted by Crippen LogP contribution is 2.41. The predicted molar refractivity (Wildman–Crippen MR) is 129 cm³/mol. The maximum absolute atomic E-state index is 9.78. The molecule has 1 aromatic carbocycles. The van der Waals surface area contributed by atoms with E-state index < -0.39 is 0 Å². The van der Waals surface area contributed by atoms with Crippen LogP contribution < -0.4 is 31.9 Å². The minimum atomic E-state index is -0.167. The standard InChI is InChI=1S/C21H33ClN8O/c1-11(2)17(10-31)25-21-26-19(24-14-7-8-16(23)15(22)9-14)18-20(27-21)30(13(5)6)28-29(18)12(3)4/h7-9,11-13,17,28,31H,10,23H2,1-6H3,(H2,24,25,26,27)/t17-/m0/s1. The number of hydrogen-bond donors (Lipinski definition) is 5. The first-order chi connectivity index (χ1) is 14.6. The van der Waals surface area contributed by atoms with Crippen LogP contribution in [0.4, 0.5) is 34.6 Å². The fourth-order valence-corrected chi connectivity index (χ4v) is 3.44. The zero-order chi connectivity index (χ0) is 22.9. The van der Waals surface area contributed by atoms with Gasteiger partial charge in [-0.1, -0.05) is 25.4 Å². The third kappa shape index (κ3) is 4.89. The Morgan fingerprint density at radius 3 is 2.32 bits per heavy atom. The van der Waals surface area contributed by atoms with Crippen LogP contribution in [-0.4, -0.2) is 39.8 Å². The van der Waals surface area contributed by atoms with Crippen molar-refractivity contribution in [3.8, 4) is 0 Å². The van der Waals surface area contributed by atoms with Crippen LogP contribution >= 0.6 is 11.6 Å². The van der Waals surface area contributed by atoms with Gasteiger partial charge >= 0.3 is 0 Å². The number of hydrogen-bond acceptors (Lipinski definition) is 9. The summed E-state index contributed by atoms with van der Waals surface area (Å²) in [6.07, 6.45) is 0. The number of fused-ring (bicyclic) bond motifs is 1. The van der Waals surface area contributed by atoms with E-state index in [-0.39, 0.29) is 30.7 Å². The summed E-state index contributed by atoms with van der Waals surface area (Å²) in [5, 5.41) is 20.9. The summed E-state index contributed by atoms with van der Waals surface area (Å²) in [5.74, 6) is 2.03. The van der Waals surface area contributed by atoms with Crippen molar-refractivity contribution in [2.24, 2.45) is 5.92 Å². The lowest BCUT2D eigenvalue weighted by Crippen LogP contribution is -2.50. The number of hydrazine groups is 2. The average molecular weight is 449 g/mol. The van der Waals surface area contributed by atoms with Crippen molar-refractivity contribution in [1.82, 2.24) is 15.5 Å². The normalized spacial score (nSPS) is 14.5. The lowest BCUT2D eigenvalue weighted by atomic mass is 10.1. The number of nitrogens with zero attached hydrogens (tertiary/aromatic N) is 4. The largest absolute Gasteiger partial charge is 0.398 e. The van der Waals surface area contributed by atoms with Crippen molar-refractivity contribution in [2.75, 3.05) is 33.0 Å². The minimum Gasteiger partial charge on any atom is -0.398 e. The molecule has 0 amide bonds. The van der Waals surface area contributed by atoms with Gasteiger partial charge in [0.1, 0.15) is 5.69 Å². The van der Waals surface area contributed by atoms with Gasteiger partial charge in [-0.25, -0.2) is 0 Å². The molecule has 0 fully saturated rings. The van der Waals surface area contributed by atoms with Gasteiger partial charge < -0.3 is 21.5 Å². The summed E-state index contributed by atoms with van der Waals surface area (Å²) < 4.78 is 0. The number of nitrogens with two attached hydrogens (primary N) is 1. The van der Waals surface area contributed by atoms with Crippen molar-refractivity contribution in [3.63, 3.8) is 0 Å². The third-order valence-corrected chi connectivity index (χ3v) is 5.49. The number of halogens is 1. The molecule has 1 aliphatic heterocycles. The lowest BCUT2D eigenvalue weighted by molar-refractivity contribution is 0.248. The number of aliphatic hydroxyl groups is 1. The molecule has 1 aromatic heterocycles.